The molecule has 0 aliphatic heterocycles. The number of para-hydroxylation sites is 1. The quantitative estimate of drug-likeness (QED) is 0.800. The number of carbonyl (C=O) groups is 1. The Bertz CT molecular complexity index is 633. The second-order valence-corrected chi connectivity index (χ2v) is 5.87. The maximum atomic E-state index is 12.4. The van der Waals surface area contributed by atoms with Crippen molar-refractivity contribution in [3.63, 3.8) is 0 Å². The Morgan fingerprint density at radius 1 is 1.36 bits per heavy atom. The highest BCUT2D eigenvalue weighted by Crippen LogP contribution is 2.27. The predicted octanol–water partition coefficient (Wildman–Crippen LogP) is 2.82. The zero-order valence-corrected chi connectivity index (χ0v) is 13.7. The Morgan fingerprint density at radius 2 is 2.14 bits per heavy atom. The van der Waals surface area contributed by atoms with E-state index in [-0.39, 0.29) is 5.91 Å². The summed E-state index contributed by atoms with van der Waals surface area (Å²) in [6, 6.07) is 6.10. The molecule has 0 aliphatic carbocycles. The first-order chi connectivity index (χ1) is 10.6. The van der Waals surface area contributed by atoms with Crippen molar-refractivity contribution in [3.05, 3.63) is 30.1 Å². The lowest BCUT2D eigenvalue weighted by atomic mass is 10.1. The fraction of sp³-hybridized carbons (Fsp3) is 0.529. The van der Waals surface area contributed by atoms with Crippen molar-refractivity contribution < 1.29 is 4.79 Å². The number of amides is 1. The molecule has 2 N–H and O–H groups in total. The van der Waals surface area contributed by atoms with Gasteiger partial charge < -0.3 is 15.2 Å². The third-order valence-electron chi connectivity index (χ3n) is 4.09. The Hall–Kier alpha value is -1.88. The molecule has 0 saturated heterocycles. The molecule has 1 atom stereocenters. The molecular weight excluding hydrogens is 276 g/mol. The summed E-state index contributed by atoms with van der Waals surface area (Å²) in [5.74, 6) is 0.0177. The van der Waals surface area contributed by atoms with Crippen molar-refractivity contribution in [2.75, 3.05) is 20.6 Å². The molecule has 120 valence electrons. The van der Waals surface area contributed by atoms with Crippen LogP contribution in [0.15, 0.2) is 24.5 Å². The minimum absolute atomic E-state index is 0.0177. The summed E-state index contributed by atoms with van der Waals surface area (Å²) in [6.45, 7) is 2.90. The maximum absolute atomic E-state index is 12.4. The third kappa shape index (κ3) is 3.30. The van der Waals surface area contributed by atoms with E-state index in [1.54, 1.807) is 19.0 Å². The van der Waals surface area contributed by atoms with Crippen LogP contribution in [0, 0.1) is 0 Å². The summed E-state index contributed by atoms with van der Waals surface area (Å²) in [6.07, 6.45) is 6.07. The van der Waals surface area contributed by atoms with Crippen LogP contribution in [0.2, 0.25) is 0 Å². The molecule has 0 bridgehead atoms. The maximum Gasteiger partial charge on any atom is 0.255 e. The Kier molecular flexibility index (Phi) is 5.55. The monoisotopic (exact) mass is 302 g/mol. The van der Waals surface area contributed by atoms with Crippen LogP contribution in [0.1, 0.15) is 49.0 Å². The first-order valence-electron chi connectivity index (χ1n) is 7.97. The largest absolute Gasteiger partial charge is 0.345 e. The van der Waals surface area contributed by atoms with E-state index < -0.39 is 0 Å². The average Bonchev–Trinajstić information content (AvgIpc) is 2.95. The summed E-state index contributed by atoms with van der Waals surface area (Å²) in [5, 5.41) is 0. The highest BCUT2D eigenvalue weighted by molar-refractivity contribution is 6.04. The topological polar surface area (TPSA) is 64.2 Å². The number of fused-ring (bicyclic) bond motifs is 1. The average molecular weight is 302 g/mol. The van der Waals surface area contributed by atoms with Crippen molar-refractivity contribution in [2.24, 2.45) is 5.73 Å². The van der Waals surface area contributed by atoms with Crippen LogP contribution in [0.3, 0.4) is 0 Å². The fourth-order valence-corrected chi connectivity index (χ4v) is 2.84. The minimum Gasteiger partial charge on any atom is -0.345 e. The number of rotatable bonds is 7. The summed E-state index contributed by atoms with van der Waals surface area (Å²) in [5.41, 5.74) is 8.14. The lowest BCUT2D eigenvalue weighted by molar-refractivity contribution is 0.0829. The van der Waals surface area contributed by atoms with Crippen LogP contribution in [0.4, 0.5) is 0 Å². The van der Waals surface area contributed by atoms with E-state index >= 15 is 0 Å². The molecule has 22 heavy (non-hydrogen) atoms. The molecular formula is C17H26N4O. The first kappa shape index (κ1) is 16.5. The molecule has 2 aromatic rings. The molecule has 1 aromatic carbocycles. The number of aromatic nitrogens is 2. The normalized spacial score (nSPS) is 12.5. The highest BCUT2D eigenvalue weighted by Gasteiger charge is 2.19. The molecule has 1 heterocycles. The van der Waals surface area contributed by atoms with Gasteiger partial charge in [-0.3, -0.25) is 4.79 Å². The first-order valence-corrected chi connectivity index (χ1v) is 7.97. The van der Waals surface area contributed by atoms with Gasteiger partial charge in [0.15, 0.2) is 0 Å². The Morgan fingerprint density at radius 3 is 2.77 bits per heavy atom. The smallest absolute Gasteiger partial charge is 0.255 e. The van der Waals surface area contributed by atoms with Gasteiger partial charge in [0.25, 0.3) is 5.91 Å². The zero-order chi connectivity index (χ0) is 16.1. The molecule has 0 spiro atoms. The van der Waals surface area contributed by atoms with Crippen molar-refractivity contribution in [2.45, 2.75) is 38.6 Å². The highest BCUT2D eigenvalue weighted by atomic mass is 16.2. The second kappa shape index (κ2) is 7.40. The molecule has 2 rings (SSSR count). The lowest BCUT2D eigenvalue weighted by Crippen LogP contribution is -2.22. The molecule has 5 heteroatoms. The van der Waals surface area contributed by atoms with Crippen molar-refractivity contribution in [1.29, 1.82) is 0 Å². The third-order valence-corrected chi connectivity index (χ3v) is 4.09. The molecule has 0 radical (unpaired) electrons. The molecule has 0 aliphatic rings. The number of benzene rings is 1. The number of hydrogen-bond acceptors (Lipinski definition) is 3. The SMILES string of the molecule is CCC(CCCCN)n1cnc2cccc(C(=O)N(C)C)c21. The van der Waals surface area contributed by atoms with Crippen LogP contribution in [-0.4, -0.2) is 41.0 Å². The molecule has 1 unspecified atom stereocenters. The van der Waals surface area contributed by atoms with Gasteiger partial charge in [-0.05, 0) is 37.9 Å². The standard InChI is InChI=1S/C17H26N4O/c1-4-13(8-5-6-11-18)21-12-19-15-10-7-9-14(16(15)21)17(22)20(2)3/h7,9-10,12-13H,4-6,8,11,18H2,1-3H3. The number of imidazole rings is 1. The van der Waals surface area contributed by atoms with E-state index in [2.05, 4.69) is 16.5 Å². The number of unbranched alkanes of at least 4 members (excludes halogenated alkanes) is 1. The predicted molar refractivity (Wildman–Crippen MR) is 90.0 cm³/mol. The summed E-state index contributed by atoms with van der Waals surface area (Å²) < 4.78 is 2.17. The van der Waals surface area contributed by atoms with Crippen LogP contribution < -0.4 is 5.73 Å². The van der Waals surface area contributed by atoms with E-state index in [4.69, 9.17) is 5.73 Å². The van der Waals surface area contributed by atoms with Crippen molar-refractivity contribution in [1.82, 2.24) is 14.5 Å². The van der Waals surface area contributed by atoms with Gasteiger partial charge in [-0.2, -0.15) is 0 Å². The fourth-order valence-electron chi connectivity index (χ4n) is 2.84. The van der Waals surface area contributed by atoms with E-state index in [0.29, 0.717) is 6.04 Å². The van der Waals surface area contributed by atoms with Gasteiger partial charge in [0.1, 0.15) is 0 Å². The van der Waals surface area contributed by atoms with Gasteiger partial charge >= 0.3 is 0 Å². The Labute approximate surface area is 132 Å². The number of hydrogen-bond donors (Lipinski definition) is 1. The van der Waals surface area contributed by atoms with Gasteiger partial charge in [0.2, 0.25) is 0 Å². The van der Waals surface area contributed by atoms with Gasteiger partial charge in [0.05, 0.1) is 22.9 Å². The van der Waals surface area contributed by atoms with Crippen LogP contribution in [-0.2, 0) is 0 Å². The van der Waals surface area contributed by atoms with E-state index in [9.17, 15) is 4.79 Å². The Balaban J connectivity index is 2.43. The van der Waals surface area contributed by atoms with Gasteiger partial charge in [-0.1, -0.05) is 19.4 Å². The summed E-state index contributed by atoms with van der Waals surface area (Å²) >= 11 is 0. The van der Waals surface area contributed by atoms with Gasteiger partial charge in [-0.15, -0.1) is 0 Å². The van der Waals surface area contributed by atoms with Gasteiger partial charge in [0, 0.05) is 20.1 Å². The molecule has 0 saturated carbocycles. The number of carbonyl (C=O) groups excluding carboxylic acids is 1. The second-order valence-electron chi connectivity index (χ2n) is 5.87. The number of nitrogens with zero attached hydrogens (tertiary/aromatic N) is 3. The van der Waals surface area contributed by atoms with Crippen LogP contribution in [0.25, 0.3) is 11.0 Å². The summed E-state index contributed by atoms with van der Waals surface area (Å²) in [7, 11) is 3.56. The van der Waals surface area contributed by atoms with E-state index in [0.717, 1.165) is 48.8 Å². The zero-order valence-electron chi connectivity index (χ0n) is 13.7. The molecule has 5 nitrogen and oxygen atoms in total. The van der Waals surface area contributed by atoms with Gasteiger partial charge in [-0.25, -0.2) is 4.98 Å². The molecule has 0 fully saturated rings. The van der Waals surface area contributed by atoms with Crippen LogP contribution >= 0.6 is 0 Å². The number of nitrogens with two attached hydrogens (primary N) is 1. The van der Waals surface area contributed by atoms with Crippen molar-refractivity contribution >= 4 is 16.9 Å². The lowest BCUT2D eigenvalue weighted by Gasteiger charge is -2.19. The van der Waals surface area contributed by atoms with E-state index in [1.165, 1.54) is 0 Å². The van der Waals surface area contributed by atoms with E-state index in [1.807, 2.05) is 24.5 Å². The van der Waals surface area contributed by atoms with Crippen LogP contribution in [0.5, 0.6) is 0 Å². The molecule has 1 aromatic heterocycles. The summed E-state index contributed by atoms with van der Waals surface area (Å²) in [4.78, 5) is 18.5. The van der Waals surface area contributed by atoms with Crippen molar-refractivity contribution in [3.8, 4) is 0 Å². The molecule has 1 amide bonds. The minimum atomic E-state index is 0.0177.